The van der Waals surface area contributed by atoms with Crippen LogP contribution in [0.5, 0.6) is 0 Å². The zero-order valence-electron chi connectivity index (χ0n) is 10.3. The minimum absolute atomic E-state index is 0.402. The molecule has 0 heterocycles. The zero-order valence-corrected chi connectivity index (χ0v) is 10.3. The third-order valence-corrected chi connectivity index (χ3v) is 3.28. The van der Waals surface area contributed by atoms with Crippen LogP contribution in [0.15, 0.2) is 48.6 Å². The molecule has 0 saturated heterocycles. The van der Waals surface area contributed by atoms with Gasteiger partial charge in [-0.05, 0) is 24.6 Å². The number of rotatable bonds is 3. The van der Waals surface area contributed by atoms with Gasteiger partial charge < -0.3 is 5.11 Å². The topological polar surface area (TPSA) is 80.4 Å². The van der Waals surface area contributed by atoms with E-state index in [9.17, 15) is 14.9 Å². The van der Waals surface area contributed by atoms with Crippen molar-refractivity contribution >= 4 is 5.97 Å². The van der Waals surface area contributed by atoms with E-state index in [1.807, 2.05) is 6.07 Å². The number of carbonyl (C=O) groups is 1. The summed E-state index contributed by atoms with van der Waals surface area (Å²) in [5.74, 6) is -1.83. The van der Waals surface area contributed by atoms with Crippen molar-refractivity contribution in [2.45, 2.75) is 12.5 Å². The van der Waals surface area contributed by atoms with Gasteiger partial charge in [-0.2, -0.15) is 0 Å². The minimum Gasteiger partial charge on any atom is -0.481 e. The van der Waals surface area contributed by atoms with E-state index in [1.54, 1.807) is 25.1 Å². The summed E-state index contributed by atoms with van der Waals surface area (Å²) in [6, 6.07) is 7.03. The average Bonchev–Trinajstić information content (AvgIpc) is 2.39. The molecular weight excluding hydrogens is 246 g/mol. The lowest BCUT2D eigenvalue weighted by molar-refractivity contribution is -0.549. The first-order chi connectivity index (χ1) is 8.97. The van der Waals surface area contributed by atoms with Crippen LogP contribution in [0.4, 0.5) is 0 Å². The van der Waals surface area contributed by atoms with Crippen LogP contribution in [0.2, 0.25) is 0 Å². The largest absolute Gasteiger partial charge is 0.481 e. The average molecular weight is 259 g/mol. The number of benzene rings is 1. The molecule has 0 spiro atoms. The van der Waals surface area contributed by atoms with Gasteiger partial charge in [0.1, 0.15) is 0 Å². The van der Waals surface area contributed by atoms with Gasteiger partial charge in [-0.25, -0.2) is 0 Å². The van der Waals surface area contributed by atoms with Crippen molar-refractivity contribution in [1.29, 1.82) is 0 Å². The molecule has 0 unspecified atom stereocenters. The number of aryl methyl sites for hydroxylation is 1. The Balaban J connectivity index is 2.52. The summed E-state index contributed by atoms with van der Waals surface area (Å²) in [6.45, 7) is 1.80. The summed E-state index contributed by atoms with van der Waals surface area (Å²) < 4.78 is 0. The molecule has 0 amide bonds. The minimum atomic E-state index is -1.47. The van der Waals surface area contributed by atoms with Gasteiger partial charge in [0.2, 0.25) is 0 Å². The van der Waals surface area contributed by atoms with Gasteiger partial charge in [0.05, 0.1) is 5.92 Å². The maximum Gasteiger partial charge on any atom is 0.314 e. The van der Waals surface area contributed by atoms with Gasteiger partial charge in [-0.3, -0.25) is 14.9 Å². The highest BCUT2D eigenvalue weighted by Crippen LogP contribution is 2.34. The zero-order chi connectivity index (χ0) is 14.0. The van der Waals surface area contributed by atoms with Gasteiger partial charge in [0.25, 0.3) is 5.54 Å². The lowest BCUT2D eigenvalue weighted by Crippen LogP contribution is -2.34. The second-order valence-corrected chi connectivity index (χ2v) is 4.48. The summed E-state index contributed by atoms with van der Waals surface area (Å²) >= 11 is 0. The van der Waals surface area contributed by atoms with E-state index >= 15 is 0 Å². The molecule has 0 aliphatic heterocycles. The first-order valence-electron chi connectivity index (χ1n) is 5.79. The summed E-state index contributed by atoms with van der Waals surface area (Å²) in [6.07, 6.45) is 5.43. The smallest absolute Gasteiger partial charge is 0.314 e. The Morgan fingerprint density at radius 2 is 1.89 bits per heavy atom. The molecule has 1 aliphatic rings. The number of hydrogen-bond acceptors (Lipinski definition) is 3. The van der Waals surface area contributed by atoms with E-state index < -0.39 is 22.3 Å². The van der Waals surface area contributed by atoms with Gasteiger partial charge >= 0.3 is 5.97 Å². The van der Waals surface area contributed by atoms with Crippen molar-refractivity contribution in [1.82, 2.24) is 0 Å². The van der Waals surface area contributed by atoms with E-state index in [0.29, 0.717) is 5.56 Å². The Bertz CT molecular complexity index is 575. The molecule has 1 N–H and O–H groups in total. The molecule has 19 heavy (non-hydrogen) atoms. The van der Waals surface area contributed by atoms with Gasteiger partial charge in [-0.15, -0.1) is 0 Å². The molecule has 0 atom stereocenters. The molecule has 0 bridgehead atoms. The van der Waals surface area contributed by atoms with Crippen molar-refractivity contribution < 1.29 is 14.8 Å². The van der Waals surface area contributed by atoms with E-state index in [1.165, 1.54) is 24.3 Å². The predicted octanol–water partition coefficient (Wildman–Crippen LogP) is 2.29. The van der Waals surface area contributed by atoms with Crippen molar-refractivity contribution in [3.63, 3.8) is 0 Å². The van der Waals surface area contributed by atoms with Crippen LogP contribution in [-0.4, -0.2) is 16.0 Å². The molecule has 2 rings (SSSR count). The summed E-state index contributed by atoms with van der Waals surface area (Å²) in [5.41, 5.74) is -0.129. The first kappa shape index (κ1) is 13.0. The fourth-order valence-corrected chi connectivity index (χ4v) is 2.21. The Labute approximate surface area is 110 Å². The van der Waals surface area contributed by atoms with Crippen molar-refractivity contribution in [3.8, 4) is 0 Å². The molecule has 0 aromatic heterocycles. The molecule has 5 heteroatoms. The normalized spacial score (nSPS) is 25.2. The second-order valence-electron chi connectivity index (χ2n) is 4.48. The second kappa shape index (κ2) is 4.68. The number of carboxylic acids is 1. The quantitative estimate of drug-likeness (QED) is 0.513. The standard InChI is InChI=1S/C14H13NO4/c1-10-4-2-3-5-12(10)14(15(18)19)8-6-11(7-9-14)13(16)17/h2-9,11H,1H3,(H,16,17). The van der Waals surface area contributed by atoms with Gasteiger partial charge in [-0.1, -0.05) is 36.4 Å². The maximum atomic E-state index is 11.5. The molecule has 5 nitrogen and oxygen atoms in total. The molecule has 1 aliphatic carbocycles. The highest BCUT2D eigenvalue weighted by atomic mass is 16.6. The number of nitro groups is 1. The van der Waals surface area contributed by atoms with Crippen molar-refractivity contribution in [3.05, 3.63) is 69.8 Å². The Hall–Kier alpha value is -2.43. The number of carboxylic acid groups (broad SMARTS) is 1. The summed E-state index contributed by atoms with van der Waals surface area (Å²) in [5, 5.41) is 20.4. The lowest BCUT2D eigenvalue weighted by Gasteiger charge is -2.24. The van der Waals surface area contributed by atoms with E-state index in [4.69, 9.17) is 5.11 Å². The van der Waals surface area contributed by atoms with Crippen LogP contribution in [0, 0.1) is 23.0 Å². The Morgan fingerprint density at radius 3 is 2.37 bits per heavy atom. The van der Waals surface area contributed by atoms with Gasteiger partial charge in [0.15, 0.2) is 0 Å². The van der Waals surface area contributed by atoms with Crippen molar-refractivity contribution in [2.24, 2.45) is 5.92 Å². The third-order valence-electron chi connectivity index (χ3n) is 3.28. The molecule has 0 fully saturated rings. The van der Waals surface area contributed by atoms with Crippen LogP contribution in [-0.2, 0) is 10.3 Å². The molecule has 98 valence electrons. The van der Waals surface area contributed by atoms with Crippen molar-refractivity contribution in [2.75, 3.05) is 0 Å². The monoisotopic (exact) mass is 259 g/mol. The van der Waals surface area contributed by atoms with Crippen LogP contribution >= 0.6 is 0 Å². The van der Waals surface area contributed by atoms with Crippen LogP contribution in [0.25, 0.3) is 0 Å². The first-order valence-corrected chi connectivity index (χ1v) is 5.79. The fourth-order valence-electron chi connectivity index (χ4n) is 2.21. The summed E-state index contributed by atoms with van der Waals surface area (Å²) in [4.78, 5) is 21.9. The summed E-state index contributed by atoms with van der Waals surface area (Å²) in [7, 11) is 0. The molecule has 0 radical (unpaired) electrons. The molecule has 0 saturated carbocycles. The Kier molecular flexibility index (Phi) is 3.21. The number of hydrogen-bond donors (Lipinski definition) is 1. The van der Waals surface area contributed by atoms with E-state index in [-0.39, 0.29) is 0 Å². The molecule has 1 aromatic carbocycles. The molecule has 1 aromatic rings. The Morgan fingerprint density at radius 1 is 1.32 bits per heavy atom. The highest BCUT2D eigenvalue weighted by molar-refractivity contribution is 5.75. The third kappa shape index (κ3) is 2.14. The fraction of sp³-hybridized carbons (Fsp3) is 0.214. The molecular formula is C14H13NO4. The lowest BCUT2D eigenvalue weighted by atomic mass is 9.82. The van der Waals surface area contributed by atoms with Crippen LogP contribution in [0.1, 0.15) is 11.1 Å². The van der Waals surface area contributed by atoms with E-state index in [0.717, 1.165) is 5.56 Å². The number of nitrogens with zero attached hydrogens (tertiary/aromatic N) is 1. The van der Waals surface area contributed by atoms with Crippen LogP contribution < -0.4 is 0 Å². The maximum absolute atomic E-state index is 11.5. The highest BCUT2D eigenvalue weighted by Gasteiger charge is 2.42. The predicted molar refractivity (Wildman–Crippen MR) is 69.3 cm³/mol. The van der Waals surface area contributed by atoms with Gasteiger partial charge in [0, 0.05) is 10.5 Å². The number of aliphatic carboxylic acids is 1. The SMILES string of the molecule is Cc1ccccc1C1([N+](=O)[O-])C=CC(C(=O)O)C=C1. The van der Waals surface area contributed by atoms with E-state index in [2.05, 4.69) is 0 Å². The van der Waals surface area contributed by atoms with Crippen LogP contribution in [0.3, 0.4) is 0 Å².